The van der Waals surface area contributed by atoms with Crippen LogP contribution in [0.15, 0.2) is 24.3 Å². The molecule has 0 spiro atoms. The molecule has 2 aliphatic rings. The zero-order valence-electron chi connectivity index (χ0n) is 12.7. The normalized spacial score (nSPS) is 23.9. The summed E-state index contributed by atoms with van der Waals surface area (Å²) >= 11 is 0. The van der Waals surface area contributed by atoms with Crippen LogP contribution < -0.4 is 0 Å². The Kier molecular flexibility index (Phi) is 4.09. The highest BCUT2D eigenvalue weighted by Gasteiger charge is 2.42. The third kappa shape index (κ3) is 3.02. The fourth-order valence-corrected chi connectivity index (χ4v) is 3.61. The number of amides is 2. The van der Waals surface area contributed by atoms with Gasteiger partial charge in [-0.1, -0.05) is 49.1 Å². The molecule has 0 N–H and O–H groups in total. The quantitative estimate of drug-likeness (QED) is 0.799. The van der Waals surface area contributed by atoms with Gasteiger partial charge in [-0.05, 0) is 31.7 Å². The van der Waals surface area contributed by atoms with Crippen molar-refractivity contribution in [2.24, 2.45) is 5.92 Å². The Bertz CT molecular complexity index is 529. The van der Waals surface area contributed by atoms with Gasteiger partial charge in [0.25, 0.3) is 0 Å². The molecule has 1 aliphatic heterocycles. The van der Waals surface area contributed by atoms with E-state index in [2.05, 4.69) is 31.2 Å². The first-order valence-electron chi connectivity index (χ1n) is 8.06. The molecule has 1 atom stereocenters. The van der Waals surface area contributed by atoms with Gasteiger partial charge in [0, 0.05) is 12.5 Å². The molecule has 112 valence electrons. The molecule has 1 saturated carbocycles. The molecule has 2 fully saturated rings. The average Bonchev–Trinajstić information content (AvgIpc) is 2.77. The molecule has 0 unspecified atom stereocenters. The van der Waals surface area contributed by atoms with Gasteiger partial charge in [0.15, 0.2) is 0 Å². The van der Waals surface area contributed by atoms with E-state index in [9.17, 15) is 9.59 Å². The third-order valence-electron chi connectivity index (χ3n) is 4.82. The molecule has 3 nitrogen and oxygen atoms in total. The van der Waals surface area contributed by atoms with Gasteiger partial charge >= 0.3 is 0 Å². The van der Waals surface area contributed by atoms with Gasteiger partial charge in [0.1, 0.15) is 0 Å². The molecular formula is C18H23NO2. The van der Waals surface area contributed by atoms with E-state index in [-0.39, 0.29) is 23.8 Å². The summed E-state index contributed by atoms with van der Waals surface area (Å²) in [5.41, 5.74) is 2.37. The van der Waals surface area contributed by atoms with Gasteiger partial charge in [0.2, 0.25) is 11.8 Å². The molecule has 0 aromatic heterocycles. The van der Waals surface area contributed by atoms with Gasteiger partial charge < -0.3 is 0 Å². The molecule has 1 aliphatic carbocycles. The number of rotatable bonds is 3. The van der Waals surface area contributed by atoms with E-state index in [0.29, 0.717) is 12.8 Å². The Balaban J connectivity index is 1.69. The number of likely N-dealkylation sites (tertiary alicyclic amines) is 1. The van der Waals surface area contributed by atoms with Crippen molar-refractivity contribution in [1.29, 1.82) is 0 Å². The minimum absolute atomic E-state index is 0.0454. The lowest BCUT2D eigenvalue weighted by molar-refractivity contribution is -0.142. The summed E-state index contributed by atoms with van der Waals surface area (Å²) in [7, 11) is 0. The highest BCUT2D eigenvalue weighted by Crippen LogP contribution is 2.31. The van der Waals surface area contributed by atoms with Gasteiger partial charge in [-0.15, -0.1) is 0 Å². The lowest BCUT2D eigenvalue weighted by Gasteiger charge is -2.29. The standard InChI is InChI=1S/C18H23NO2/c1-13-7-9-14(10-8-13)11-15-12-17(20)19(18(15)21)16-5-3-2-4-6-16/h7-10,15-16H,2-6,11-12H2,1H3/t15-/m0/s1. The number of benzene rings is 1. The monoisotopic (exact) mass is 285 g/mol. The molecular weight excluding hydrogens is 262 g/mol. The summed E-state index contributed by atoms with van der Waals surface area (Å²) in [5, 5.41) is 0. The van der Waals surface area contributed by atoms with Crippen molar-refractivity contribution in [2.75, 3.05) is 0 Å². The van der Waals surface area contributed by atoms with Crippen LogP contribution >= 0.6 is 0 Å². The average molecular weight is 285 g/mol. The first kappa shape index (κ1) is 14.3. The molecule has 3 rings (SSSR count). The number of imide groups is 1. The lowest BCUT2D eigenvalue weighted by atomic mass is 9.94. The fourth-order valence-electron chi connectivity index (χ4n) is 3.61. The maximum atomic E-state index is 12.6. The number of carbonyl (C=O) groups is 2. The van der Waals surface area contributed by atoms with E-state index in [1.807, 2.05) is 0 Å². The lowest BCUT2D eigenvalue weighted by Crippen LogP contribution is -2.41. The first-order valence-corrected chi connectivity index (χ1v) is 8.06. The number of hydrogen-bond acceptors (Lipinski definition) is 2. The van der Waals surface area contributed by atoms with Gasteiger partial charge in [-0.3, -0.25) is 14.5 Å². The number of nitrogens with zero attached hydrogens (tertiary/aromatic N) is 1. The van der Waals surface area contributed by atoms with Crippen LogP contribution in [0.4, 0.5) is 0 Å². The Labute approximate surface area is 126 Å². The van der Waals surface area contributed by atoms with Crippen LogP contribution in [0.1, 0.15) is 49.7 Å². The number of carbonyl (C=O) groups excluding carboxylic acids is 2. The van der Waals surface area contributed by atoms with Crippen LogP contribution in [0.25, 0.3) is 0 Å². The predicted molar refractivity (Wildman–Crippen MR) is 81.7 cm³/mol. The number of aryl methyl sites for hydroxylation is 1. The van der Waals surface area contributed by atoms with E-state index < -0.39 is 0 Å². The maximum Gasteiger partial charge on any atom is 0.233 e. The minimum Gasteiger partial charge on any atom is -0.279 e. The van der Waals surface area contributed by atoms with Gasteiger partial charge in [-0.2, -0.15) is 0 Å². The summed E-state index contributed by atoms with van der Waals surface area (Å²) < 4.78 is 0. The molecule has 0 bridgehead atoms. The van der Waals surface area contributed by atoms with Crippen LogP contribution in [-0.2, 0) is 16.0 Å². The van der Waals surface area contributed by atoms with Crippen molar-refractivity contribution in [3.8, 4) is 0 Å². The van der Waals surface area contributed by atoms with Crippen LogP contribution in [0.2, 0.25) is 0 Å². The SMILES string of the molecule is Cc1ccc(C[C@H]2CC(=O)N(C3CCCCC3)C2=O)cc1. The number of hydrogen-bond donors (Lipinski definition) is 0. The van der Waals surface area contributed by atoms with E-state index >= 15 is 0 Å². The third-order valence-corrected chi connectivity index (χ3v) is 4.82. The zero-order chi connectivity index (χ0) is 14.8. The van der Waals surface area contributed by atoms with Crippen molar-refractivity contribution in [3.63, 3.8) is 0 Å². The molecule has 21 heavy (non-hydrogen) atoms. The summed E-state index contributed by atoms with van der Waals surface area (Å²) in [6, 6.07) is 8.43. The van der Waals surface area contributed by atoms with Crippen molar-refractivity contribution >= 4 is 11.8 Å². The maximum absolute atomic E-state index is 12.6. The van der Waals surface area contributed by atoms with E-state index in [4.69, 9.17) is 0 Å². The molecule has 1 saturated heterocycles. The predicted octanol–water partition coefficient (Wildman–Crippen LogP) is 3.25. The summed E-state index contributed by atoms with van der Waals surface area (Å²) in [4.78, 5) is 26.4. The van der Waals surface area contributed by atoms with Crippen molar-refractivity contribution in [2.45, 2.75) is 57.9 Å². The van der Waals surface area contributed by atoms with Crippen LogP contribution in [0, 0.1) is 12.8 Å². The second-order valence-corrected chi connectivity index (χ2v) is 6.48. The first-order chi connectivity index (χ1) is 10.1. The second kappa shape index (κ2) is 6.00. The van der Waals surface area contributed by atoms with Crippen molar-refractivity contribution in [1.82, 2.24) is 4.90 Å². The van der Waals surface area contributed by atoms with E-state index in [0.717, 1.165) is 31.2 Å². The Morgan fingerprint density at radius 2 is 1.71 bits per heavy atom. The Hall–Kier alpha value is -1.64. The van der Waals surface area contributed by atoms with Gasteiger partial charge in [-0.25, -0.2) is 0 Å². The van der Waals surface area contributed by atoms with Crippen molar-refractivity contribution in [3.05, 3.63) is 35.4 Å². The van der Waals surface area contributed by atoms with Crippen LogP contribution in [0.3, 0.4) is 0 Å². The Morgan fingerprint density at radius 3 is 2.38 bits per heavy atom. The molecule has 1 heterocycles. The summed E-state index contributed by atoms with van der Waals surface area (Å²) in [6.07, 6.45) is 6.59. The molecule has 1 aromatic rings. The molecule has 1 aromatic carbocycles. The zero-order valence-corrected chi connectivity index (χ0v) is 12.7. The largest absolute Gasteiger partial charge is 0.279 e. The highest BCUT2D eigenvalue weighted by molar-refractivity contribution is 6.04. The van der Waals surface area contributed by atoms with E-state index in [1.165, 1.54) is 12.0 Å². The van der Waals surface area contributed by atoms with Gasteiger partial charge in [0.05, 0.1) is 5.92 Å². The van der Waals surface area contributed by atoms with Crippen LogP contribution in [0.5, 0.6) is 0 Å². The summed E-state index contributed by atoms with van der Waals surface area (Å²) in [6.45, 7) is 2.05. The Morgan fingerprint density at radius 1 is 1.05 bits per heavy atom. The fraction of sp³-hybridized carbons (Fsp3) is 0.556. The van der Waals surface area contributed by atoms with Crippen molar-refractivity contribution < 1.29 is 9.59 Å². The summed E-state index contributed by atoms with van der Waals surface area (Å²) in [5.74, 6) is -0.0429. The highest BCUT2D eigenvalue weighted by atomic mass is 16.2. The second-order valence-electron chi connectivity index (χ2n) is 6.48. The molecule has 3 heteroatoms. The smallest absolute Gasteiger partial charge is 0.233 e. The topological polar surface area (TPSA) is 37.4 Å². The van der Waals surface area contributed by atoms with Crippen LogP contribution in [-0.4, -0.2) is 22.8 Å². The molecule has 2 amide bonds. The minimum atomic E-state index is -0.151. The van der Waals surface area contributed by atoms with E-state index in [1.54, 1.807) is 4.90 Å². The molecule has 0 radical (unpaired) electrons.